The summed E-state index contributed by atoms with van der Waals surface area (Å²) in [5.74, 6) is 1.85. The maximum Gasteiger partial charge on any atom is 0.271 e. The SMILES string of the molecule is CCOc1ccccc1CN1CCc2nc3c(C)csc3c(=O)n2CC1. The molecule has 0 fully saturated rings. The zero-order valence-electron chi connectivity index (χ0n) is 15.2. The lowest BCUT2D eigenvalue weighted by atomic mass is 10.2. The van der Waals surface area contributed by atoms with Gasteiger partial charge in [-0.25, -0.2) is 4.98 Å². The number of fused-ring (bicyclic) bond motifs is 2. The summed E-state index contributed by atoms with van der Waals surface area (Å²) in [5, 5.41) is 2.02. The van der Waals surface area contributed by atoms with Crippen LogP contribution in [-0.2, 0) is 19.5 Å². The molecule has 0 N–H and O–H groups in total. The Morgan fingerprint density at radius 2 is 2.08 bits per heavy atom. The minimum atomic E-state index is 0.111. The van der Waals surface area contributed by atoms with Crippen LogP contribution in [0.3, 0.4) is 0 Å². The van der Waals surface area contributed by atoms with Crippen molar-refractivity contribution in [1.82, 2.24) is 14.5 Å². The van der Waals surface area contributed by atoms with Crippen LogP contribution < -0.4 is 10.3 Å². The molecule has 0 radical (unpaired) electrons. The van der Waals surface area contributed by atoms with Crippen molar-refractivity contribution in [3.63, 3.8) is 0 Å². The third kappa shape index (κ3) is 3.15. The molecular formula is C20H23N3O2S. The van der Waals surface area contributed by atoms with Gasteiger partial charge in [0, 0.05) is 38.2 Å². The molecule has 0 amide bonds. The number of ether oxygens (including phenoxy) is 1. The topological polar surface area (TPSA) is 47.4 Å². The number of thiophene rings is 1. The van der Waals surface area contributed by atoms with Crippen molar-refractivity contribution in [2.75, 3.05) is 19.7 Å². The molecule has 0 spiro atoms. The van der Waals surface area contributed by atoms with Crippen molar-refractivity contribution >= 4 is 21.6 Å². The largest absolute Gasteiger partial charge is 0.494 e. The Kier molecular flexibility index (Phi) is 4.78. The van der Waals surface area contributed by atoms with E-state index in [0.29, 0.717) is 13.2 Å². The van der Waals surface area contributed by atoms with E-state index in [4.69, 9.17) is 9.72 Å². The molecule has 0 bridgehead atoms. The fraction of sp³-hybridized carbons (Fsp3) is 0.400. The van der Waals surface area contributed by atoms with Gasteiger partial charge in [0.25, 0.3) is 5.56 Å². The number of aryl methyl sites for hydroxylation is 1. The van der Waals surface area contributed by atoms with E-state index >= 15 is 0 Å². The third-order valence-corrected chi connectivity index (χ3v) is 5.97. The first-order valence-electron chi connectivity index (χ1n) is 9.08. The highest BCUT2D eigenvalue weighted by Crippen LogP contribution is 2.23. The summed E-state index contributed by atoms with van der Waals surface area (Å²) in [6.07, 6.45) is 0.789. The van der Waals surface area contributed by atoms with Gasteiger partial charge in [0.15, 0.2) is 0 Å². The van der Waals surface area contributed by atoms with E-state index < -0.39 is 0 Å². The number of hydrogen-bond donors (Lipinski definition) is 0. The molecular weight excluding hydrogens is 346 g/mol. The summed E-state index contributed by atoms with van der Waals surface area (Å²) in [4.78, 5) is 20.0. The average Bonchev–Trinajstić information content (AvgIpc) is 2.89. The zero-order valence-corrected chi connectivity index (χ0v) is 16.0. The molecule has 136 valence electrons. The first-order chi connectivity index (χ1) is 12.7. The highest BCUT2D eigenvalue weighted by Gasteiger charge is 2.20. The van der Waals surface area contributed by atoms with Crippen molar-refractivity contribution in [2.45, 2.75) is 33.4 Å². The Morgan fingerprint density at radius 3 is 2.92 bits per heavy atom. The van der Waals surface area contributed by atoms with Crippen LogP contribution in [0.25, 0.3) is 10.2 Å². The smallest absolute Gasteiger partial charge is 0.271 e. The molecule has 1 aromatic carbocycles. The lowest BCUT2D eigenvalue weighted by Crippen LogP contribution is -2.28. The number of nitrogens with zero attached hydrogens (tertiary/aromatic N) is 3. The predicted octanol–water partition coefficient (Wildman–Crippen LogP) is 3.22. The van der Waals surface area contributed by atoms with Crippen molar-refractivity contribution in [3.8, 4) is 5.75 Å². The normalized spacial score (nSPS) is 15.0. The fourth-order valence-corrected chi connectivity index (χ4v) is 4.46. The van der Waals surface area contributed by atoms with Crippen molar-refractivity contribution in [2.24, 2.45) is 0 Å². The minimum absolute atomic E-state index is 0.111. The summed E-state index contributed by atoms with van der Waals surface area (Å²) in [6, 6.07) is 8.19. The van der Waals surface area contributed by atoms with Crippen LogP contribution in [0.1, 0.15) is 23.9 Å². The van der Waals surface area contributed by atoms with Gasteiger partial charge in [0.1, 0.15) is 16.3 Å². The Morgan fingerprint density at radius 1 is 1.23 bits per heavy atom. The van der Waals surface area contributed by atoms with Crippen molar-refractivity contribution in [1.29, 1.82) is 0 Å². The summed E-state index contributed by atoms with van der Waals surface area (Å²) >= 11 is 1.51. The van der Waals surface area contributed by atoms with E-state index in [0.717, 1.165) is 53.4 Å². The molecule has 6 heteroatoms. The highest BCUT2D eigenvalue weighted by atomic mass is 32.1. The van der Waals surface area contributed by atoms with E-state index in [2.05, 4.69) is 11.0 Å². The maximum atomic E-state index is 12.8. The monoisotopic (exact) mass is 369 g/mol. The molecule has 0 atom stereocenters. The van der Waals surface area contributed by atoms with Gasteiger partial charge in [-0.15, -0.1) is 11.3 Å². The van der Waals surface area contributed by atoms with Gasteiger partial charge in [-0.1, -0.05) is 18.2 Å². The second-order valence-corrected chi connectivity index (χ2v) is 7.53. The Hall–Kier alpha value is -2.18. The van der Waals surface area contributed by atoms with Crippen LogP contribution in [0.2, 0.25) is 0 Å². The molecule has 0 saturated heterocycles. The number of hydrogen-bond acceptors (Lipinski definition) is 5. The predicted molar refractivity (Wildman–Crippen MR) is 105 cm³/mol. The first kappa shape index (κ1) is 17.2. The molecule has 4 rings (SSSR count). The molecule has 2 aromatic heterocycles. The van der Waals surface area contributed by atoms with Crippen LogP contribution in [0.15, 0.2) is 34.4 Å². The van der Waals surface area contributed by atoms with E-state index in [1.54, 1.807) is 0 Å². The van der Waals surface area contributed by atoms with E-state index in [1.165, 1.54) is 16.9 Å². The third-order valence-electron chi connectivity index (χ3n) is 4.89. The molecule has 1 aliphatic rings. The number of aromatic nitrogens is 2. The fourth-order valence-electron chi connectivity index (χ4n) is 3.52. The molecule has 0 aliphatic carbocycles. The van der Waals surface area contributed by atoms with E-state index in [-0.39, 0.29) is 5.56 Å². The van der Waals surface area contributed by atoms with Gasteiger partial charge >= 0.3 is 0 Å². The Labute approximate surface area is 156 Å². The quantitative estimate of drug-likeness (QED) is 0.708. The standard InChI is InChI=1S/C20H23N3O2S/c1-3-25-16-7-5-4-6-15(16)12-22-9-8-17-21-18-14(2)13-26-19(18)20(24)23(17)11-10-22/h4-7,13H,3,8-12H2,1-2H3. The van der Waals surface area contributed by atoms with E-state index in [1.807, 2.05) is 42.0 Å². The van der Waals surface area contributed by atoms with Crippen LogP contribution in [0.4, 0.5) is 0 Å². The van der Waals surface area contributed by atoms with E-state index in [9.17, 15) is 4.79 Å². The molecule has 3 aromatic rings. The van der Waals surface area contributed by atoms with Crippen LogP contribution in [-0.4, -0.2) is 34.1 Å². The minimum Gasteiger partial charge on any atom is -0.494 e. The molecule has 0 saturated carbocycles. The van der Waals surface area contributed by atoms with Gasteiger partial charge in [-0.3, -0.25) is 14.3 Å². The van der Waals surface area contributed by atoms with Gasteiger partial charge in [-0.05, 0) is 30.9 Å². The van der Waals surface area contributed by atoms with Gasteiger partial charge < -0.3 is 4.74 Å². The molecule has 26 heavy (non-hydrogen) atoms. The molecule has 5 nitrogen and oxygen atoms in total. The first-order valence-corrected chi connectivity index (χ1v) is 9.96. The number of para-hydroxylation sites is 1. The van der Waals surface area contributed by atoms with Crippen molar-refractivity contribution < 1.29 is 4.74 Å². The van der Waals surface area contributed by atoms with Gasteiger partial charge in [0.2, 0.25) is 0 Å². The van der Waals surface area contributed by atoms with Crippen LogP contribution in [0.5, 0.6) is 5.75 Å². The second kappa shape index (κ2) is 7.21. The molecule has 0 unspecified atom stereocenters. The van der Waals surface area contributed by atoms with Gasteiger partial charge in [0.05, 0.1) is 12.1 Å². The average molecular weight is 369 g/mol. The summed E-state index contributed by atoms with van der Waals surface area (Å²) in [6.45, 7) is 7.93. The Balaban J connectivity index is 1.58. The summed E-state index contributed by atoms with van der Waals surface area (Å²) < 4.78 is 8.40. The Bertz CT molecular complexity index is 992. The highest BCUT2D eigenvalue weighted by molar-refractivity contribution is 7.17. The number of rotatable bonds is 4. The summed E-state index contributed by atoms with van der Waals surface area (Å²) in [5.41, 5.74) is 3.27. The lowest BCUT2D eigenvalue weighted by Gasteiger charge is -2.21. The molecule has 1 aliphatic heterocycles. The second-order valence-electron chi connectivity index (χ2n) is 6.65. The van der Waals surface area contributed by atoms with Crippen LogP contribution >= 0.6 is 11.3 Å². The molecule has 3 heterocycles. The number of benzene rings is 1. The van der Waals surface area contributed by atoms with Crippen molar-refractivity contribution in [3.05, 3.63) is 57.0 Å². The summed E-state index contributed by atoms with van der Waals surface area (Å²) in [7, 11) is 0. The maximum absolute atomic E-state index is 12.8. The lowest BCUT2D eigenvalue weighted by molar-refractivity contribution is 0.262. The zero-order chi connectivity index (χ0) is 18.1. The van der Waals surface area contributed by atoms with Gasteiger partial charge in [-0.2, -0.15) is 0 Å². The van der Waals surface area contributed by atoms with Crippen LogP contribution in [0, 0.1) is 6.92 Å².